The lowest BCUT2D eigenvalue weighted by atomic mass is 9.87. The van der Waals surface area contributed by atoms with Crippen molar-refractivity contribution in [2.45, 2.75) is 46.9 Å². The number of carbonyl (C=O) groups excluding carboxylic acids is 1. The van der Waals surface area contributed by atoms with Gasteiger partial charge in [0.25, 0.3) is 0 Å². The summed E-state index contributed by atoms with van der Waals surface area (Å²) in [6.07, 6.45) is 4.74. The molecule has 10 heteroatoms. The molecule has 2 aliphatic heterocycles. The number of nitrogens with zero attached hydrogens (tertiary/aromatic N) is 4. The van der Waals surface area contributed by atoms with Gasteiger partial charge in [0, 0.05) is 30.1 Å². The Labute approximate surface area is 183 Å². The number of nitrogens with one attached hydrogen (secondary N) is 2. The van der Waals surface area contributed by atoms with Crippen LogP contribution in [0.25, 0.3) is 0 Å². The van der Waals surface area contributed by atoms with E-state index in [0.717, 1.165) is 36.9 Å². The van der Waals surface area contributed by atoms with Crippen LogP contribution in [0.4, 0.5) is 15.6 Å². The SMILES string of the molecule is N#Cc1ccc(NC(=O)Nc2nnc(SC3CCC3N3CCC4(CC3)CO4)s2)cc1. The molecule has 1 aromatic carbocycles. The number of likely N-dealkylation sites (tertiary alicyclic amines) is 1. The van der Waals surface area contributed by atoms with Crippen LogP contribution >= 0.6 is 23.1 Å². The number of epoxide rings is 1. The van der Waals surface area contributed by atoms with Crippen LogP contribution in [0.15, 0.2) is 28.6 Å². The summed E-state index contributed by atoms with van der Waals surface area (Å²) in [5.74, 6) is 0. The molecule has 1 aliphatic carbocycles. The highest BCUT2D eigenvalue weighted by Crippen LogP contribution is 2.44. The molecule has 3 heterocycles. The lowest BCUT2D eigenvalue weighted by molar-refractivity contribution is 0.0754. The Kier molecular flexibility index (Phi) is 5.37. The summed E-state index contributed by atoms with van der Waals surface area (Å²) >= 11 is 3.17. The van der Waals surface area contributed by atoms with Crippen LogP contribution in [-0.4, -0.2) is 57.7 Å². The Bertz CT molecular complexity index is 958. The first kappa shape index (κ1) is 19.8. The Balaban J connectivity index is 1.11. The number of thioether (sulfide) groups is 1. The fraction of sp³-hybridized carbons (Fsp3) is 0.500. The number of anilines is 2. The van der Waals surface area contributed by atoms with Gasteiger partial charge >= 0.3 is 6.03 Å². The molecule has 1 aromatic heterocycles. The molecule has 0 bridgehead atoms. The highest BCUT2D eigenvalue weighted by molar-refractivity contribution is 8.01. The molecule has 2 amide bonds. The molecule has 5 rings (SSSR count). The number of hydrogen-bond acceptors (Lipinski definition) is 8. The van der Waals surface area contributed by atoms with Gasteiger partial charge in [-0.1, -0.05) is 23.1 Å². The van der Waals surface area contributed by atoms with Crippen molar-refractivity contribution in [2.75, 3.05) is 30.3 Å². The molecule has 2 atom stereocenters. The van der Waals surface area contributed by atoms with Crippen molar-refractivity contribution in [1.29, 1.82) is 5.26 Å². The minimum absolute atomic E-state index is 0.223. The standard InChI is InChI=1S/C20H22N6O2S2/c21-11-13-1-3-14(4-2-13)22-17(27)23-18-24-25-19(30-18)29-16-6-5-15(16)26-9-7-20(8-10-26)12-28-20/h1-4,15-16H,5-10,12H2,(H2,22,23,24,27). The minimum atomic E-state index is -0.376. The first-order valence-electron chi connectivity index (χ1n) is 10.1. The number of hydrogen-bond donors (Lipinski definition) is 2. The van der Waals surface area contributed by atoms with Gasteiger partial charge in [-0.15, -0.1) is 10.2 Å². The summed E-state index contributed by atoms with van der Waals surface area (Å²) in [4.78, 5) is 14.8. The molecule has 3 aliphatic rings. The fourth-order valence-electron chi connectivity index (χ4n) is 3.99. The topological polar surface area (TPSA) is 106 Å². The predicted molar refractivity (Wildman–Crippen MR) is 116 cm³/mol. The fourth-order valence-corrected chi connectivity index (χ4v) is 6.32. The zero-order valence-electron chi connectivity index (χ0n) is 16.3. The number of piperidine rings is 1. The molecule has 156 valence electrons. The van der Waals surface area contributed by atoms with E-state index in [4.69, 9.17) is 10.00 Å². The zero-order chi connectivity index (χ0) is 20.6. The lowest BCUT2D eigenvalue weighted by Crippen LogP contribution is -2.53. The summed E-state index contributed by atoms with van der Waals surface area (Å²) < 4.78 is 6.51. The van der Waals surface area contributed by atoms with Gasteiger partial charge in [-0.3, -0.25) is 10.2 Å². The van der Waals surface area contributed by atoms with E-state index in [9.17, 15) is 4.79 Å². The molecule has 30 heavy (non-hydrogen) atoms. The number of ether oxygens (including phenoxy) is 1. The molecule has 1 saturated carbocycles. The van der Waals surface area contributed by atoms with Crippen molar-refractivity contribution in [3.63, 3.8) is 0 Å². The van der Waals surface area contributed by atoms with E-state index in [1.165, 1.54) is 24.2 Å². The quantitative estimate of drug-likeness (QED) is 0.539. The van der Waals surface area contributed by atoms with Crippen LogP contribution in [0.1, 0.15) is 31.2 Å². The second kappa shape index (κ2) is 8.15. The first-order valence-corrected chi connectivity index (χ1v) is 11.8. The summed E-state index contributed by atoms with van der Waals surface area (Å²) in [5, 5.41) is 23.7. The number of nitriles is 1. The van der Waals surface area contributed by atoms with E-state index >= 15 is 0 Å². The number of rotatable bonds is 5. The van der Waals surface area contributed by atoms with Gasteiger partial charge in [-0.25, -0.2) is 4.79 Å². The zero-order valence-corrected chi connectivity index (χ0v) is 18.0. The van der Waals surface area contributed by atoms with E-state index in [1.807, 2.05) is 6.07 Å². The molecule has 8 nitrogen and oxygen atoms in total. The van der Waals surface area contributed by atoms with Crippen LogP contribution in [0, 0.1) is 11.3 Å². The Morgan fingerprint density at radius 1 is 1.23 bits per heavy atom. The van der Waals surface area contributed by atoms with E-state index in [1.54, 1.807) is 36.0 Å². The predicted octanol–water partition coefficient (Wildman–Crippen LogP) is 3.54. The molecule has 2 saturated heterocycles. The Morgan fingerprint density at radius 2 is 2.00 bits per heavy atom. The maximum atomic E-state index is 12.2. The van der Waals surface area contributed by atoms with Crippen LogP contribution < -0.4 is 10.6 Å². The average Bonchev–Trinajstić information content (AvgIpc) is 3.35. The third-order valence-corrected chi connectivity index (χ3v) is 8.37. The molecule has 1 spiro atoms. The second-order valence-electron chi connectivity index (χ2n) is 7.95. The van der Waals surface area contributed by atoms with Crippen LogP contribution in [-0.2, 0) is 4.74 Å². The van der Waals surface area contributed by atoms with Crippen molar-refractivity contribution in [2.24, 2.45) is 0 Å². The number of carbonyl (C=O) groups is 1. The highest BCUT2D eigenvalue weighted by atomic mass is 32.2. The van der Waals surface area contributed by atoms with E-state index in [2.05, 4.69) is 25.7 Å². The third-order valence-electron chi connectivity index (χ3n) is 6.06. The van der Waals surface area contributed by atoms with Crippen molar-refractivity contribution in [1.82, 2.24) is 15.1 Å². The number of aromatic nitrogens is 2. The summed E-state index contributed by atoms with van der Waals surface area (Å²) in [6, 6.07) is 8.97. The summed E-state index contributed by atoms with van der Waals surface area (Å²) in [6.45, 7) is 3.20. The van der Waals surface area contributed by atoms with Crippen molar-refractivity contribution in [3.8, 4) is 6.07 Å². The Morgan fingerprint density at radius 3 is 2.63 bits per heavy atom. The molecule has 3 fully saturated rings. The van der Waals surface area contributed by atoms with Gasteiger partial charge in [0.2, 0.25) is 5.13 Å². The van der Waals surface area contributed by atoms with Crippen molar-refractivity contribution >= 4 is 39.9 Å². The van der Waals surface area contributed by atoms with Gasteiger partial charge in [0.05, 0.1) is 23.8 Å². The maximum absolute atomic E-state index is 12.2. The maximum Gasteiger partial charge on any atom is 0.325 e. The lowest BCUT2D eigenvalue weighted by Gasteiger charge is -2.46. The highest BCUT2D eigenvalue weighted by Gasteiger charge is 2.49. The molecule has 2 aromatic rings. The molecule has 2 unspecified atom stereocenters. The Hall–Kier alpha value is -2.19. The first-order chi connectivity index (χ1) is 14.6. The van der Waals surface area contributed by atoms with Crippen molar-refractivity contribution in [3.05, 3.63) is 29.8 Å². The number of amides is 2. The monoisotopic (exact) mass is 442 g/mol. The smallest absolute Gasteiger partial charge is 0.325 e. The van der Waals surface area contributed by atoms with E-state index in [-0.39, 0.29) is 11.6 Å². The number of urea groups is 1. The van der Waals surface area contributed by atoms with E-state index in [0.29, 0.717) is 27.7 Å². The molecule has 0 radical (unpaired) electrons. The van der Waals surface area contributed by atoms with Crippen LogP contribution in [0.5, 0.6) is 0 Å². The summed E-state index contributed by atoms with van der Waals surface area (Å²) in [7, 11) is 0. The largest absolute Gasteiger partial charge is 0.369 e. The normalized spacial score (nSPS) is 24.6. The molecular weight excluding hydrogens is 420 g/mol. The van der Waals surface area contributed by atoms with Gasteiger partial charge in [0.15, 0.2) is 4.34 Å². The number of benzene rings is 1. The van der Waals surface area contributed by atoms with Crippen LogP contribution in [0.3, 0.4) is 0 Å². The van der Waals surface area contributed by atoms with Gasteiger partial charge in [0.1, 0.15) is 0 Å². The van der Waals surface area contributed by atoms with Gasteiger partial charge < -0.3 is 10.1 Å². The van der Waals surface area contributed by atoms with E-state index < -0.39 is 0 Å². The third kappa shape index (κ3) is 4.30. The van der Waals surface area contributed by atoms with Crippen molar-refractivity contribution < 1.29 is 9.53 Å². The summed E-state index contributed by atoms with van der Waals surface area (Å²) in [5.41, 5.74) is 1.38. The second-order valence-corrected chi connectivity index (χ2v) is 10.4. The molecular formula is C20H22N6O2S2. The molecule has 2 N–H and O–H groups in total. The van der Waals surface area contributed by atoms with Crippen LogP contribution in [0.2, 0.25) is 0 Å². The average molecular weight is 443 g/mol. The van der Waals surface area contributed by atoms with Gasteiger partial charge in [-0.05, 0) is 49.9 Å². The van der Waals surface area contributed by atoms with Gasteiger partial charge in [-0.2, -0.15) is 5.26 Å². The minimum Gasteiger partial charge on any atom is -0.369 e.